The Bertz CT molecular complexity index is 1250. The molecule has 190 valence electrons. The number of hydrogen-bond acceptors (Lipinski definition) is 4. The van der Waals surface area contributed by atoms with Crippen LogP contribution in [0.1, 0.15) is 27.0 Å². The summed E-state index contributed by atoms with van der Waals surface area (Å²) in [4.78, 5) is 23.9. The molecule has 3 N–H and O–H groups in total. The van der Waals surface area contributed by atoms with Crippen LogP contribution in [0.15, 0.2) is 71.6 Å². The third-order valence-corrected chi connectivity index (χ3v) is 6.21. The Labute approximate surface area is 207 Å². The van der Waals surface area contributed by atoms with Gasteiger partial charge in [-0.15, -0.1) is 13.2 Å². The Morgan fingerprint density at radius 1 is 0.972 bits per heavy atom. The van der Waals surface area contributed by atoms with E-state index < -0.39 is 23.3 Å². The largest absolute Gasteiger partial charge is 0.573 e. The van der Waals surface area contributed by atoms with E-state index in [1.165, 1.54) is 18.2 Å². The number of ether oxygens (including phenoxy) is 1. The zero-order valence-corrected chi connectivity index (χ0v) is 19.9. The minimum atomic E-state index is -4.77. The summed E-state index contributed by atoms with van der Waals surface area (Å²) < 4.78 is 55.8. The third-order valence-electron chi connectivity index (χ3n) is 5.06. The van der Waals surface area contributed by atoms with Crippen LogP contribution in [-0.4, -0.2) is 34.1 Å². The normalized spacial score (nSPS) is 12.1. The van der Waals surface area contributed by atoms with E-state index in [1.54, 1.807) is 43.3 Å². The number of rotatable bonds is 10. The van der Waals surface area contributed by atoms with E-state index in [0.717, 1.165) is 17.7 Å². The van der Waals surface area contributed by atoms with E-state index in [4.69, 9.17) is 0 Å². The number of aryl methyl sites for hydroxylation is 1. The Morgan fingerprint density at radius 2 is 1.61 bits per heavy atom. The molecule has 0 fully saturated rings. The van der Waals surface area contributed by atoms with E-state index >= 15 is 0 Å². The highest BCUT2D eigenvalue weighted by atomic mass is 32.2. The quantitative estimate of drug-likeness (QED) is 0.362. The predicted molar refractivity (Wildman–Crippen MR) is 128 cm³/mol. The van der Waals surface area contributed by atoms with Crippen LogP contribution >= 0.6 is 0 Å². The fraction of sp³-hybridized carbons (Fsp3) is 0.200. The van der Waals surface area contributed by atoms with Crippen LogP contribution in [0.2, 0.25) is 0 Å². The van der Waals surface area contributed by atoms with Gasteiger partial charge in [-0.05, 0) is 66.4 Å². The van der Waals surface area contributed by atoms with E-state index in [2.05, 4.69) is 14.8 Å². The van der Waals surface area contributed by atoms with E-state index in [9.17, 15) is 32.1 Å². The molecule has 7 nitrogen and oxygen atoms in total. The first kappa shape index (κ1) is 26.9. The first-order valence-corrected chi connectivity index (χ1v) is 11.9. The van der Waals surface area contributed by atoms with E-state index in [0.29, 0.717) is 34.7 Å². The van der Waals surface area contributed by atoms with Crippen molar-refractivity contribution in [2.24, 2.45) is 0 Å². The highest BCUT2D eigenvalue weighted by Crippen LogP contribution is 2.23. The summed E-state index contributed by atoms with van der Waals surface area (Å²) >= 11 is 0. The van der Waals surface area contributed by atoms with Gasteiger partial charge in [-0.2, -0.15) is 0 Å². The van der Waals surface area contributed by atoms with Gasteiger partial charge in [0.1, 0.15) is 16.7 Å². The molecule has 0 aliphatic carbocycles. The first-order chi connectivity index (χ1) is 17.0. The SMILES string of the molecule is Cc1ccc(S(=O)NCCc2ccc(NC(=O)Cc3ccc(OC(F)(F)F)cc3)cc2)cc1C(=O)O. The number of benzene rings is 3. The Hall–Kier alpha value is -3.70. The van der Waals surface area contributed by atoms with Crippen molar-refractivity contribution in [1.82, 2.24) is 4.72 Å². The molecule has 0 radical (unpaired) electrons. The fourth-order valence-corrected chi connectivity index (χ4v) is 4.14. The maximum Gasteiger partial charge on any atom is 0.573 e. The van der Waals surface area contributed by atoms with Gasteiger partial charge in [0.05, 0.1) is 16.9 Å². The molecule has 3 aromatic rings. The van der Waals surface area contributed by atoms with Crippen LogP contribution in [-0.2, 0) is 28.6 Å². The number of halogens is 3. The highest BCUT2D eigenvalue weighted by Gasteiger charge is 2.30. The van der Waals surface area contributed by atoms with Crippen molar-refractivity contribution < 1.29 is 36.8 Å². The van der Waals surface area contributed by atoms with Gasteiger partial charge in [-0.1, -0.05) is 30.3 Å². The average molecular weight is 521 g/mol. The number of nitrogens with one attached hydrogen (secondary N) is 2. The lowest BCUT2D eigenvalue weighted by atomic mass is 10.1. The summed E-state index contributed by atoms with van der Waals surface area (Å²) in [5.74, 6) is -1.76. The summed E-state index contributed by atoms with van der Waals surface area (Å²) in [5.41, 5.74) is 2.70. The Kier molecular flexibility index (Phi) is 8.83. The van der Waals surface area contributed by atoms with Crippen molar-refractivity contribution in [3.05, 3.63) is 89.0 Å². The van der Waals surface area contributed by atoms with Gasteiger partial charge < -0.3 is 15.2 Å². The molecule has 11 heteroatoms. The van der Waals surface area contributed by atoms with Crippen molar-refractivity contribution in [1.29, 1.82) is 0 Å². The molecule has 0 bridgehead atoms. The van der Waals surface area contributed by atoms with Crippen LogP contribution in [0, 0.1) is 6.92 Å². The van der Waals surface area contributed by atoms with Gasteiger partial charge in [-0.25, -0.2) is 13.7 Å². The summed E-state index contributed by atoms with van der Waals surface area (Å²) in [6.45, 7) is 2.05. The van der Waals surface area contributed by atoms with E-state index in [-0.39, 0.29) is 23.6 Å². The molecule has 0 aliphatic rings. The van der Waals surface area contributed by atoms with Crippen molar-refractivity contribution >= 4 is 28.5 Å². The van der Waals surface area contributed by atoms with Gasteiger partial charge in [0.2, 0.25) is 5.91 Å². The molecule has 0 heterocycles. The molecule has 1 atom stereocenters. The van der Waals surface area contributed by atoms with Gasteiger partial charge in [0, 0.05) is 12.2 Å². The smallest absolute Gasteiger partial charge is 0.478 e. The molecule has 0 aliphatic heterocycles. The Balaban J connectivity index is 1.46. The lowest BCUT2D eigenvalue weighted by Gasteiger charge is -2.10. The standard InChI is InChI=1S/C25H23F3N2O5S/c1-16-2-11-21(15-22(16)24(32)33)36(34)29-13-12-17-3-7-19(8-4-17)30-23(31)14-18-5-9-20(10-6-18)35-25(26,27)28/h2-11,15,29H,12-14H2,1H3,(H,30,31)(H,32,33). The van der Waals surface area contributed by atoms with Crippen LogP contribution < -0.4 is 14.8 Å². The van der Waals surface area contributed by atoms with Crippen LogP contribution in [0.3, 0.4) is 0 Å². The molecule has 36 heavy (non-hydrogen) atoms. The topological polar surface area (TPSA) is 105 Å². The molecule has 0 aromatic heterocycles. The number of carboxylic acid groups (broad SMARTS) is 1. The van der Waals surface area contributed by atoms with Crippen molar-refractivity contribution in [2.45, 2.75) is 31.0 Å². The Morgan fingerprint density at radius 3 is 2.22 bits per heavy atom. The predicted octanol–water partition coefficient (Wildman–Crippen LogP) is 4.63. The number of amides is 1. The second-order valence-electron chi connectivity index (χ2n) is 7.81. The molecule has 1 amide bonds. The number of carbonyl (C=O) groups is 2. The molecular weight excluding hydrogens is 497 g/mol. The van der Waals surface area contributed by atoms with Crippen LogP contribution in [0.4, 0.5) is 18.9 Å². The van der Waals surface area contributed by atoms with Crippen LogP contribution in [0.5, 0.6) is 5.75 Å². The zero-order chi connectivity index (χ0) is 26.3. The van der Waals surface area contributed by atoms with Crippen LogP contribution in [0.25, 0.3) is 0 Å². The lowest BCUT2D eigenvalue weighted by Crippen LogP contribution is -2.20. The zero-order valence-electron chi connectivity index (χ0n) is 19.1. The number of aromatic carboxylic acids is 1. The minimum Gasteiger partial charge on any atom is -0.478 e. The second kappa shape index (κ2) is 11.8. The molecular formula is C25H23F3N2O5S. The summed E-state index contributed by atoms with van der Waals surface area (Å²) in [5, 5.41) is 11.9. The highest BCUT2D eigenvalue weighted by molar-refractivity contribution is 7.83. The van der Waals surface area contributed by atoms with Gasteiger partial charge in [-0.3, -0.25) is 4.79 Å². The van der Waals surface area contributed by atoms with Gasteiger partial charge in [0.15, 0.2) is 0 Å². The minimum absolute atomic E-state index is 0.0214. The fourth-order valence-electron chi connectivity index (χ4n) is 3.27. The maximum absolute atomic E-state index is 12.4. The van der Waals surface area contributed by atoms with Gasteiger partial charge in [0.25, 0.3) is 0 Å². The number of anilines is 1. The summed E-state index contributed by atoms with van der Waals surface area (Å²) in [7, 11) is -1.56. The number of carbonyl (C=O) groups excluding carboxylic acids is 1. The molecule has 0 spiro atoms. The molecule has 1 unspecified atom stereocenters. The van der Waals surface area contributed by atoms with Crippen molar-refractivity contribution in [3.8, 4) is 5.75 Å². The first-order valence-electron chi connectivity index (χ1n) is 10.7. The third kappa shape index (κ3) is 8.21. The second-order valence-corrected chi connectivity index (χ2v) is 9.11. The molecule has 3 aromatic carbocycles. The molecule has 0 saturated carbocycles. The average Bonchev–Trinajstić information content (AvgIpc) is 2.80. The van der Waals surface area contributed by atoms with E-state index in [1.807, 2.05) is 0 Å². The molecule has 3 rings (SSSR count). The van der Waals surface area contributed by atoms with Gasteiger partial charge >= 0.3 is 12.3 Å². The number of alkyl halides is 3. The summed E-state index contributed by atoms with van der Waals surface area (Å²) in [6.07, 6.45) is -4.25. The molecule has 0 saturated heterocycles. The lowest BCUT2D eigenvalue weighted by molar-refractivity contribution is -0.274. The summed E-state index contributed by atoms with van der Waals surface area (Å²) in [6, 6.07) is 16.7. The van der Waals surface area contributed by atoms with Crippen molar-refractivity contribution in [3.63, 3.8) is 0 Å². The monoisotopic (exact) mass is 520 g/mol. The van der Waals surface area contributed by atoms with Crippen molar-refractivity contribution in [2.75, 3.05) is 11.9 Å². The maximum atomic E-state index is 12.4. The number of carboxylic acids is 1. The number of hydrogen-bond donors (Lipinski definition) is 3.